The van der Waals surface area contributed by atoms with Crippen LogP contribution in [0.2, 0.25) is 5.02 Å². The third-order valence-corrected chi connectivity index (χ3v) is 4.67. The summed E-state index contributed by atoms with van der Waals surface area (Å²) in [4.78, 5) is 13.3. The maximum absolute atomic E-state index is 13.4. The van der Waals surface area contributed by atoms with Crippen LogP contribution in [-0.4, -0.2) is 28.1 Å². The van der Waals surface area contributed by atoms with Crippen molar-refractivity contribution in [2.24, 2.45) is 4.99 Å². The number of halogens is 2. The van der Waals surface area contributed by atoms with Crippen molar-refractivity contribution >= 4 is 46.5 Å². The Labute approximate surface area is 196 Å². The van der Waals surface area contributed by atoms with Gasteiger partial charge in [0.25, 0.3) is 0 Å². The molecule has 32 heavy (non-hydrogen) atoms. The first-order valence-corrected chi connectivity index (χ1v) is 10.4. The molecule has 2 aromatic carbocycles. The molecule has 3 rings (SSSR count). The van der Waals surface area contributed by atoms with E-state index in [4.69, 9.17) is 28.6 Å². The molecule has 0 bridgehead atoms. The second-order valence-electron chi connectivity index (χ2n) is 6.82. The van der Waals surface area contributed by atoms with Crippen LogP contribution in [0.15, 0.2) is 53.5 Å². The van der Waals surface area contributed by atoms with Crippen molar-refractivity contribution in [1.29, 1.82) is 0 Å². The Bertz CT molecular complexity index is 1140. The van der Waals surface area contributed by atoms with Crippen molar-refractivity contribution < 1.29 is 9.13 Å². The number of rotatable bonds is 5. The van der Waals surface area contributed by atoms with E-state index in [-0.39, 0.29) is 10.1 Å². The lowest BCUT2D eigenvalue weighted by Gasteiger charge is -2.14. The Morgan fingerprint density at radius 1 is 1.09 bits per heavy atom. The number of benzene rings is 2. The van der Waals surface area contributed by atoms with Crippen molar-refractivity contribution in [2.45, 2.75) is 20.4 Å². The fraction of sp³-hybridized carbons (Fsp3) is 0.182. The maximum Gasteiger partial charge on any atom is 0.229 e. The van der Waals surface area contributed by atoms with Gasteiger partial charge in [-0.3, -0.25) is 5.32 Å². The van der Waals surface area contributed by atoms with Crippen LogP contribution in [0.1, 0.15) is 17.0 Å². The number of anilines is 2. The van der Waals surface area contributed by atoms with Crippen molar-refractivity contribution in [3.63, 3.8) is 0 Å². The summed E-state index contributed by atoms with van der Waals surface area (Å²) in [5.41, 5.74) is 3.10. The summed E-state index contributed by atoms with van der Waals surface area (Å²) < 4.78 is 18.7. The van der Waals surface area contributed by atoms with Crippen LogP contribution in [0.5, 0.6) is 5.75 Å². The second-order valence-corrected chi connectivity index (χ2v) is 7.64. The molecule has 3 N–H and O–H groups in total. The molecular weight excluding hydrogens is 451 g/mol. The van der Waals surface area contributed by atoms with Gasteiger partial charge in [-0.05, 0) is 68.0 Å². The average Bonchev–Trinajstić information content (AvgIpc) is 2.74. The van der Waals surface area contributed by atoms with E-state index in [0.29, 0.717) is 24.1 Å². The van der Waals surface area contributed by atoms with Crippen LogP contribution in [0.3, 0.4) is 0 Å². The SMILES string of the molecule is COc1cccc(CN=C(NC(=S)Nc2ccc(F)c(Cl)c2)Nc2nc(C)cc(C)n2)c1. The predicted molar refractivity (Wildman–Crippen MR) is 130 cm³/mol. The number of nitrogens with one attached hydrogen (secondary N) is 3. The van der Waals surface area contributed by atoms with Crippen LogP contribution in [0.4, 0.5) is 16.0 Å². The van der Waals surface area contributed by atoms with Gasteiger partial charge in [0.1, 0.15) is 11.6 Å². The molecule has 0 saturated carbocycles. The Balaban J connectivity index is 1.79. The molecule has 0 aliphatic carbocycles. The van der Waals surface area contributed by atoms with Crippen LogP contribution in [0.25, 0.3) is 0 Å². The standard InChI is InChI=1S/C22H22ClFN6OS/c1-13-9-14(2)27-21(26-13)29-20(25-12-15-5-4-6-17(10-15)31-3)30-22(32)28-16-7-8-19(24)18(23)11-16/h4-11H,12H2,1-3H3,(H3,25,26,27,28,29,30,32). The third-order valence-electron chi connectivity index (χ3n) is 4.18. The average molecular weight is 473 g/mol. The molecule has 0 unspecified atom stereocenters. The highest BCUT2D eigenvalue weighted by molar-refractivity contribution is 7.80. The number of nitrogens with zero attached hydrogens (tertiary/aromatic N) is 3. The summed E-state index contributed by atoms with van der Waals surface area (Å²) in [6, 6.07) is 13.7. The lowest BCUT2D eigenvalue weighted by molar-refractivity contribution is 0.414. The van der Waals surface area contributed by atoms with E-state index in [9.17, 15) is 4.39 Å². The zero-order valence-electron chi connectivity index (χ0n) is 17.7. The quantitative estimate of drug-likeness (QED) is 0.278. The molecule has 0 spiro atoms. The molecular formula is C22H22ClFN6OS. The van der Waals surface area contributed by atoms with E-state index in [0.717, 1.165) is 22.7 Å². The Hall–Kier alpha value is -3.30. The molecule has 10 heteroatoms. The Morgan fingerprint density at radius 2 is 1.84 bits per heavy atom. The van der Waals surface area contributed by atoms with Gasteiger partial charge in [0.2, 0.25) is 11.9 Å². The van der Waals surface area contributed by atoms with Crippen molar-refractivity contribution in [1.82, 2.24) is 15.3 Å². The molecule has 0 radical (unpaired) electrons. The van der Waals surface area contributed by atoms with Crippen LogP contribution < -0.4 is 20.7 Å². The zero-order chi connectivity index (χ0) is 23.1. The minimum Gasteiger partial charge on any atom is -0.497 e. The minimum atomic E-state index is -0.509. The van der Waals surface area contributed by atoms with E-state index >= 15 is 0 Å². The first-order valence-electron chi connectivity index (χ1n) is 9.62. The highest BCUT2D eigenvalue weighted by Crippen LogP contribution is 2.19. The summed E-state index contributed by atoms with van der Waals surface area (Å²) in [6.07, 6.45) is 0. The Kier molecular flexibility index (Phi) is 7.91. The van der Waals surface area contributed by atoms with Crippen molar-refractivity contribution in [3.8, 4) is 5.75 Å². The molecule has 1 heterocycles. The van der Waals surface area contributed by atoms with Gasteiger partial charge in [-0.1, -0.05) is 23.7 Å². The zero-order valence-corrected chi connectivity index (χ0v) is 19.3. The van der Waals surface area contributed by atoms with Gasteiger partial charge < -0.3 is 15.4 Å². The predicted octanol–water partition coefficient (Wildman–Crippen LogP) is 4.85. The van der Waals surface area contributed by atoms with Crippen molar-refractivity contribution in [2.75, 3.05) is 17.7 Å². The molecule has 0 atom stereocenters. The first kappa shape index (κ1) is 23.4. The molecule has 3 aromatic rings. The van der Waals surface area contributed by atoms with Gasteiger partial charge in [-0.15, -0.1) is 0 Å². The number of thiocarbonyl (C=S) groups is 1. The number of hydrogen-bond donors (Lipinski definition) is 3. The lowest BCUT2D eigenvalue weighted by atomic mass is 10.2. The molecule has 166 valence electrons. The van der Waals surface area contributed by atoms with E-state index in [1.165, 1.54) is 18.2 Å². The lowest BCUT2D eigenvalue weighted by Crippen LogP contribution is -2.39. The first-order chi connectivity index (χ1) is 15.3. The summed E-state index contributed by atoms with van der Waals surface area (Å²) in [5.74, 6) is 0.948. The summed E-state index contributed by atoms with van der Waals surface area (Å²) >= 11 is 11.2. The van der Waals surface area contributed by atoms with Crippen LogP contribution >= 0.6 is 23.8 Å². The summed E-state index contributed by atoms with van der Waals surface area (Å²) in [5, 5.41) is 9.24. The van der Waals surface area contributed by atoms with Gasteiger partial charge in [0.15, 0.2) is 5.11 Å². The van der Waals surface area contributed by atoms with Crippen LogP contribution in [0, 0.1) is 19.7 Å². The van der Waals surface area contributed by atoms with Gasteiger partial charge >= 0.3 is 0 Å². The highest BCUT2D eigenvalue weighted by atomic mass is 35.5. The second kappa shape index (κ2) is 10.8. The van der Waals surface area contributed by atoms with Crippen molar-refractivity contribution in [3.05, 3.63) is 76.3 Å². The molecule has 0 aliphatic heterocycles. The summed E-state index contributed by atoms with van der Waals surface area (Å²) in [6.45, 7) is 4.11. The molecule has 0 aliphatic rings. The molecule has 0 amide bonds. The van der Waals surface area contributed by atoms with E-state index in [2.05, 4.69) is 30.9 Å². The number of aliphatic imine (C=N–C) groups is 1. The number of aryl methyl sites for hydroxylation is 2. The minimum absolute atomic E-state index is 0.00789. The number of aromatic nitrogens is 2. The topological polar surface area (TPSA) is 83.5 Å². The molecule has 0 fully saturated rings. The Morgan fingerprint density at radius 3 is 2.53 bits per heavy atom. The molecule has 7 nitrogen and oxygen atoms in total. The number of guanidine groups is 1. The number of hydrogen-bond acceptors (Lipinski definition) is 5. The van der Waals surface area contributed by atoms with Crippen LogP contribution in [-0.2, 0) is 6.54 Å². The number of ether oxygens (including phenoxy) is 1. The van der Waals surface area contributed by atoms with Gasteiger partial charge in [0.05, 0.1) is 18.7 Å². The smallest absolute Gasteiger partial charge is 0.229 e. The van der Waals surface area contributed by atoms with Gasteiger partial charge in [-0.25, -0.2) is 19.4 Å². The highest BCUT2D eigenvalue weighted by Gasteiger charge is 2.09. The molecule has 1 aromatic heterocycles. The largest absolute Gasteiger partial charge is 0.497 e. The van der Waals surface area contributed by atoms with E-state index < -0.39 is 5.82 Å². The fourth-order valence-electron chi connectivity index (χ4n) is 2.78. The fourth-order valence-corrected chi connectivity index (χ4v) is 3.18. The normalized spacial score (nSPS) is 11.1. The maximum atomic E-state index is 13.4. The number of methoxy groups -OCH3 is 1. The van der Waals surface area contributed by atoms with E-state index in [1.807, 2.05) is 44.2 Å². The van der Waals surface area contributed by atoms with Gasteiger partial charge in [-0.2, -0.15) is 0 Å². The summed E-state index contributed by atoms with van der Waals surface area (Å²) in [7, 11) is 1.61. The monoisotopic (exact) mass is 472 g/mol. The van der Waals surface area contributed by atoms with Gasteiger partial charge in [0, 0.05) is 17.1 Å². The molecule has 0 saturated heterocycles. The third kappa shape index (κ3) is 6.86. The van der Waals surface area contributed by atoms with E-state index in [1.54, 1.807) is 7.11 Å².